The number of rotatable bonds is 7. The molecule has 0 aliphatic heterocycles. The van der Waals surface area contributed by atoms with Gasteiger partial charge in [0, 0.05) is 37.7 Å². The van der Waals surface area contributed by atoms with Gasteiger partial charge in [-0.25, -0.2) is 22.2 Å². The van der Waals surface area contributed by atoms with E-state index in [-0.39, 0.29) is 11.9 Å². The molecule has 0 amide bonds. The van der Waals surface area contributed by atoms with Crippen LogP contribution in [-0.4, -0.2) is 51.7 Å². The monoisotopic (exact) mass is 529 g/mol. The van der Waals surface area contributed by atoms with Gasteiger partial charge in [-0.05, 0) is 37.8 Å². The summed E-state index contributed by atoms with van der Waals surface area (Å²) in [5.74, 6) is -0.744. The minimum Gasteiger partial charge on any atom is -0.383 e. The summed E-state index contributed by atoms with van der Waals surface area (Å²) in [5.41, 5.74) is 8.44. The zero-order valence-corrected chi connectivity index (χ0v) is 21.4. The molecule has 3 aromatic heterocycles. The summed E-state index contributed by atoms with van der Waals surface area (Å²) in [6.45, 7) is 1.85. The summed E-state index contributed by atoms with van der Waals surface area (Å²) in [6, 6.07) is 3.34. The molecular formula is C23H25F2N9O2S. The molecule has 11 nitrogen and oxygen atoms in total. The number of anilines is 5. The van der Waals surface area contributed by atoms with Crippen molar-refractivity contribution in [3.05, 3.63) is 47.3 Å². The number of benzene rings is 1. The van der Waals surface area contributed by atoms with E-state index in [2.05, 4.69) is 30.6 Å². The van der Waals surface area contributed by atoms with E-state index in [1.807, 2.05) is 6.92 Å². The molecule has 37 heavy (non-hydrogen) atoms. The minimum absolute atomic E-state index is 0.0395. The molecule has 194 valence electrons. The SMILES string of the molecule is Cc1cc(Nc2nc(N(C)c3c(F)cc(S(C)(=O)=O)cc3F)nc(-c3cnn(C)c3N)c2C2CC2)n[nH]1. The first kappa shape index (κ1) is 24.6. The fourth-order valence-electron chi connectivity index (χ4n) is 4.08. The van der Waals surface area contributed by atoms with Crippen LogP contribution in [-0.2, 0) is 16.9 Å². The number of nitrogen functional groups attached to an aromatic ring is 1. The van der Waals surface area contributed by atoms with Crippen LogP contribution in [0.25, 0.3) is 11.3 Å². The molecule has 1 fully saturated rings. The lowest BCUT2D eigenvalue weighted by Gasteiger charge is -2.22. The zero-order valence-electron chi connectivity index (χ0n) is 20.5. The first-order valence-electron chi connectivity index (χ1n) is 11.4. The Morgan fingerprint density at radius 1 is 1.19 bits per heavy atom. The maximum absolute atomic E-state index is 15.1. The van der Waals surface area contributed by atoms with Crippen molar-refractivity contribution in [2.45, 2.75) is 30.6 Å². The van der Waals surface area contributed by atoms with E-state index in [0.29, 0.717) is 28.7 Å². The molecule has 0 saturated heterocycles. The summed E-state index contributed by atoms with van der Waals surface area (Å²) in [7, 11) is -0.727. The van der Waals surface area contributed by atoms with Gasteiger partial charge in [0.25, 0.3) is 0 Å². The molecule has 1 aromatic carbocycles. The van der Waals surface area contributed by atoms with Gasteiger partial charge in [0.15, 0.2) is 27.3 Å². The summed E-state index contributed by atoms with van der Waals surface area (Å²) in [6.07, 6.45) is 4.29. The molecular weight excluding hydrogens is 504 g/mol. The molecule has 14 heteroatoms. The van der Waals surface area contributed by atoms with Crippen LogP contribution >= 0.6 is 0 Å². The van der Waals surface area contributed by atoms with Crippen LogP contribution in [0.3, 0.4) is 0 Å². The van der Waals surface area contributed by atoms with E-state index in [9.17, 15) is 8.42 Å². The lowest BCUT2D eigenvalue weighted by Crippen LogP contribution is -2.19. The molecule has 3 heterocycles. The van der Waals surface area contributed by atoms with Crippen molar-refractivity contribution in [1.82, 2.24) is 29.9 Å². The van der Waals surface area contributed by atoms with Crippen molar-refractivity contribution in [2.75, 3.05) is 29.3 Å². The number of halogens is 2. The second kappa shape index (κ2) is 8.80. The van der Waals surface area contributed by atoms with Crippen LogP contribution in [0, 0.1) is 18.6 Å². The number of nitrogens with zero attached hydrogens (tertiary/aromatic N) is 6. The number of nitrogens with two attached hydrogens (primary N) is 1. The molecule has 1 aliphatic carbocycles. The van der Waals surface area contributed by atoms with Crippen molar-refractivity contribution < 1.29 is 17.2 Å². The fraction of sp³-hybridized carbons (Fsp3) is 0.304. The maximum Gasteiger partial charge on any atom is 0.232 e. The third-order valence-corrected chi connectivity index (χ3v) is 7.26. The van der Waals surface area contributed by atoms with E-state index >= 15 is 8.78 Å². The lowest BCUT2D eigenvalue weighted by molar-refractivity contribution is 0.569. The molecule has 0 unspecified atom stereocenters. The zero-order chi connectivity index (χ0) is 26.6. The highest BCUT2D eigenvalue weighted by atomic mass is 32.2. The van der Waals surface area contributed by atoms with Gasteiger partial charge in [0.05, 0.1) is 22.3 Å². The molecule has 1 saturated carbocycles. The summed E-state index contributed by atoms with van der Waals surface area (Å²) >= 11 is 0. The van der Waals surface area contributed by atoms with Crippen molar-refractivity contribution in [2.24, 2.45) is 7.05 Å². The Morgan fingerprint density at radius 3 is 2.38 bits per heavy atom. The highest BCUT2D eigenvalue weighted by Crippen LogP contribution is 2.48. The molecule has 4 aromatic rings. The van der Waals surface area contributed by atoms with E-state index in [1.165, 1.54) is 11.7 Å². The number of hydrogen-bond acceptors (Lipinski definition) is 9. The average Bonchev–Trinajstić information content (AvgIpc) is 3.49. The Kier molecular flexibility index (Phi) is 5.85. The van der Waals surface area contributed by atoms with Crippen LogP contribution < -0.4 is 16.0 Å². The van der Waals surface area contributed by atoms with Crippen LogP contribution in [0.2, 0.25) is 0 Å². The van der Waals surface area contributed by atoms with Crippen LogP contribution in [0.15, 0.2) is 29.3 Å². The first-order chi connectivity index (χ1) is 17.4. The molecule has 5 rings (SSSR count). The highest BCUT2D eigenvalue weighted by Gasteiger charge is 2.34. The Labute approximate surface area is 211 Å². The summed E-state index contributed by atoms with van der Waals surface area (Å²) in [4.78, 5) is 9.96. The van der Waals surface area contributed by atoms with Crippen LogP contribution in [0.1, 0.15) is 30.0 Å². The number of hydrogen-bond donors (Lipinski definition) is 3. The van der Waals surface area contributed by atoms with E-state index < -0.39 is 32.1 Å². The maximum atomic E-state index is 15.1. The van der Waals surface area contributed by atoms with Gasteiger partial charge in [-0.1, -0.05) is 0 Å². The molecule has 0 spiro atoms. The van der Waals surface area contributed by atoms with Gasteiger partial charge in [-0.3, -0.25) is 9.78 Å². The number of sulfone groups is 1. The highest BCUT2D eigenvalue weighted by molar-refractivity contribution is 7.90. The lowest BCUT2D eigenvalue weighted by atomic mass is 10.0. The fourth-order valence-corrected chi connectivity index (χ4v) is 4.71. The Balaban J connectivity index is 1.70. The van der Waals surface area contributed by atoms with Crippen LogP contribution in [0.5, 0.6) is 0 Å². The molecule has 0 radical (unpaired) electrons. The normalized spacial score (nSPS) is 13.7. The molecule has 1 aliphatic rings. The smallest absolute Gasteiger partial charge is 0.232 e. The summed E-state index contributed by atoms with van der Waals surface area (Å²) < 4.78 is 55.3. The van der Waals surface area contributed by atoms with Crippen molar-refractivity contribution in [3.63, 3.8) is 0 Å². The third-order valence-electron chi connectivity index (χ3n) is 6.17. The van der Waals surface area contributed by atoms with Gasteiger partial charge < -0.3 is 16.0 Å². The van der Waals surface area contributed by atoms with Crippen molar-refractivity contribution >= 4 is 38.9 Å². The van der Waals surface area contributed by atoms with E-state index in [4.69, 9.17) is 5.73 Å². The Bertz CT molecular complexity index is 1600. The number of aromatic amines is 1. The van der Waals surface area contributed by atoms with Crippen molar-refractivity contribution in [3.8, 4) is 11.3 Å². The predicted octanol–water partition coefficient (Wildman–Crippen LogP) is 3.56. The number of H-pyrrole nitrogens is 1. The van der Waals surface area contributed by atoms with Crippen molar-refractivity contribution in [1.29, 1.82) is 0 Å². The second-order valence-electron chi connectivity index (χ2n) is 9.10. The Morgan fingerprint density at radius 2 is 1.86 bits per heavy atom. The van der Waals surface area contributed by atoms with Gasteiger partial charge in [-0.2, -0.15) is 15.2 Å². The van der Waals surface area contributed by atoms with E-state index in [0.717, 1.165) is 47.4 Å². The van der Waals surface area contributed by atoms with Gasteiger partial charge in [-0.15, -0.1) is 0 Å². The number of aryl methyl sites for hydroxylation is 2. The Hall–Kier alpha value is -4.07. The third kappa shape index (κ3) is 4.59. The largest absolute Gasteiger partial charge is 0.383 e. The molecule has 0 bridgehead atoms. The number of aromatic nitrogens is 6. The topological polar surface area (TPSA) is 148 Å². The average molecular weight is 530 g/mol. The second-order valence-corrected chi connectivity index (χ2v) is 11.1. The quantitative estimate of drug-likeness (QED) is 0.327. The van der Waals surface area contributed by atoms with Gasteiger partial charge >= 0.3 is 0 Å². The molecule has 0 atom stereocenters. The van der Waals surface area contributed by atoms with E-state index in [1.54, 1.807) is 19.3 Å². The number of nitrogens with one attached hydrogen (secondary N) is 2. The first-order valence-corrected chi connectivity index (χ1v) is 13.2. The molecule has 4 N–H and O–H groups in total. The minimum atomic E-state index is -3.82. The predicted molar refractivity (Wildman–Crippen MR) is 135 cm³/mol. The van der Waals surface area contributed by atoms with Gasteiger partial charge in [0.1, 0.15) is 17.3 Å². The standard InChI is InChI=1S/C23H25F2N9O2S/c1-11-7-17(32-31-11)28-22-18(12-5-6-12)19(14-10-27-34(3)21(14)26)29-23(30-22)33(2)20-15(24)8-13(9-16(20)25)37(4,35)36/h7-10,12H,5-6,26H2,1-4H3,(H2,28,29,30,31,32). The van der Waals surface area contributed by atoms with Gasteiger partial charge in [0.2, 0.25) is 5.95 Å². The summed E-state index contributed by atoms with van der Waals surface area (Å²) in [5, 5.41) is 14.5. The van der Waals surface area contributed by atoms with Crippen LogP contribution in [0.4, 0.5) is 37.9 Å².